The molecule has 130 valence electrons. The molecule has 2 heteroatoms. The summed E-state index contributed by atoms with van der Waals surface area (Å²) in [5, 5.41) is 0. The Morgan fingerprint density at radius 1 is 0.913 bits per heavy atom. The Bertz CT molecular complexity index is 449. The number of hydrogen-bond donors (Lipinski definition) is 0. The summed E-state index contributed by atoms with van der Waals surface area (Å²) in [6.45, 7) is 8.59. The Balaban J connectivity index is 2.68. The summed E-state index contributed by atoms with van der Waals surface area (Å²) in [7, 11) is 0. The Labute approximate surface area is 142 Å². The van der Waals surface area contributed by atoms with Crippen LogP contribution in [0.5, 0.6) is 5.75 Å². The molecular formula is C21H34O2. The zero-order chi connectivity index (χ0) is 17.1. The summed E-state index contributed by atoms with van der Waals surface area (Å²) < 4.78 is 5.69. The van der Waals surface area contributed by atoms with Crippen molar-refractivity contribution in [1.29, 1.82) is 0 Å². The van der Waals surface area contributed by atoms with Crippen LogP contribution in [0.3, 0.4) is 0 Å². The van der Waals surface area contributed by atoms with Crippen molar-refractivity contribution < 1.29 is 9.53 Å². The molecular weight excluding hydrogens is 284 g/mol. The molecule has 0 aliphatic carbocycles. The molecule has 1 unspecified atom stereocenters. The van der Waals surface area contributed by atoms with Gasteiger partial charge in [-0.15, -0.1) is 0 Å². The summed E-state index contributed by atoms with van der Waals surface area (Å²) >= 11 is 0. The van der Waals surface area contributed by atoms with E-state index in [9.17, 15) is 4.79 Å². The fraction of sp³-hybridized carbons (Fsp3) is 0.667. The van der Waals surface area contributed by atoms with E-state index in [0.717, 1.165) is 38.5 Å². The number of aryl methyl sites for hydroxylation is 1. The first-order chi connectivity index (χ1) is 11.1. The maximum atomic E-state index is 12.7. The molecule has 1 aromatic carbocycles. The van der Waals surface area contributed by atoms with Crippen molar-refractivity contribution in [2.45, 2.75) is 85.5 Å². The molecule has 0 spiro atoms. The van der Waals surface area contributed by atoms with E-state index in [0.29, 0.717) is 5.75 Å². The van der Waals surface area contributed by atoms with Crippen LogP contribution in [0.25, 0.3) is 0 Å². The van der Waals surface area contributed by atoms with Crippen molar-refractivity contribution in [3.63, 3.8) is 0 Å². The fourth-order valence-electron chi connectivity index (χ4n) is 2.86. The zero-order valence-electron chi connectivity index (χ0n) is 15.5. The average molecular weight is 319 g/mol. The second-order valence-electron chi connectivity index (χ2n) is 6.86. The minimum Gasteiger partial charge on any atom is -0.426 e. The Hall–Kier alpha value is -1.31. The summed E-state index contributed by atoms with van der Waals surface area (Å²) in [5.41, 5.74) is 0.908. The number of rotatable bonds is 11. The summed E-state index contributed by atoms with van der Waals surface area (Å²) in [4.78, 5) is 12.7. The third kappa shape index (κ3) is 6.76. The van der Waals surface area contributed by atoms with Gasteiger partial charge in [0.1, 0.15) is 5.75 Å². The molecule has 0 saturated carbocycles. The van der Waals surface area contributed by atoms with Crippen molar-refractivity contribution in [1.82, 2.24) is 0 Å². The maximum Gasteiger partial charge on any atom is 0.317 e. The van der Waals surface area contributed by atoms with E-state index >= 15 is 0 Å². The summed E-state index contributed by atoms with van der Waals surface area (Å²) in [6, 6.07) is 7.89. The smallest absolute Gasteiger partial charge is 0.317 e. The Morgan fingerprint density at radius 2 is 1.52 bits per heavy atom. The second kappa shape index (κ2) is 10.5. The zero-order valence-corrected chi connectivity index (χ0v) is 15.5. The van der Waals surface area contributed by atoms with Crippen molar-refractivity contribution >= 4 is 5.97 Å². The molecule has 2 nitrogen and oxygen atoms in total. The second-order valence-corrected chi connectivity index (χ2v) is 6.86. The highest BCUT2D eigenvalue weighted by atomic mass is 16.5. The van der Waals surface area contributed by atoms with Gasteiger partial charge in [0.05, 0.1) is 5.41 Å². The van der Waals surface area contributed by atoms with Crippen molar-refractivity contribution in [2.75, 3.05) is 0 Å². The molecule has 1 atom stereocenters. The van der Waals surface area contributed by atoms with Crippen LogP contribution < -0.4 is 4.74 Å². The molecule has 1 aromatic rings. The predicted molar refractivity (Wildman–Crippen MR) is 97.8 cm³/mol. The number of carbonyl (C=O) groups is 1. The number of hydrogen-bond acceptors (Lipinski definition) is 2. The average Bonchev–Trinajstić information content (AvgIpc) is 2.57. The lowest BCUT2D eigenvalue weighted by Crippen LogP contribution is -2.32. The molecule has 0 heterocycles. The number of benzene rings is 1. The normalized spacial score (nSPS) is 13.6. The molecule has 0 N–H and O–H groups in total. The lowest BCUT2D eigenvalue weighted by atomic mass is 9.80. The lowest BCUT2D eigenvalue weighted by molar-refractivity contribution is -0.146. The van der Waals surface area contributed by atoms with Gasteiger partial charge >= 0.3 is 5.97 Å². The van der Waals surface area contributed by atoms with Gasteiger partial charge in [-0.05, 0) is 43.9 Å². The van der Waals surface area contributed by atoms with Crippen LogP contribution in [0.4, 0.5) is 0 Å². The number of ether oxygens (including phenoxy) is 1. The van der Waals surface area contributed by atoms with Crippen LogP contribution in [0.2, 0.25) is 0 Å². The van der Waals surface area contributed by atoms with E-state index in [1.807, 2.05) is 24.3 Å². The largest absolute Gasteiger partial charge is 0.426 e. The highest BCUT2D eigenvalue weighted by Gasteiger charge is 2.34. The summed E-state index contributed by atoms with van der Waals surface area (Å²) in [6.07, 6.45) is 9.82. The molecule has 0 fully saturated rings. The first-order valence-electron chi connectivity index (χ1n) is 9.37. The van der Waals surface area contributed by atoms with E-state index in [2.05, 4.69) is 27.7 Å². The van der Waals surface area contributed by atoms with E-state index in [1.165, 1.54) is 24.8 Å². The van der Waals surface area contributed by atoms with Gasteiger partial charge in [-0.1, -0.05) is 71.4 Å². The van der Waals surface area contributed by atoms with Crippen LogP contribution in [-0.2, 0) is 11.2 Å². The van der Waals surface area contributed by atoms with Gasteiger partial charge in [0, 0.05) is 0 Å². The molecule has 0 saturated heterocycles. The van der Waals surface area contributed by atoms with E-state index in [-0.39, 0.29) is 11.4 Å². The Kier molecular flexibility index (Phi) is 8.98. The van der Waals surface area contributed by atoms with Gasteiger partial charge in [-0.25, -0.2) is 0 Å². The molecule has 0 aliphatic heterocycles. The van der Waals surface area contributed by atoms with Crippen molar-refractivity contribution in [3.05, 3.63) is 29.8 Å². The summed E-state index contributed by atoms with van der Waals surface area (Å²) in [5.74, 6) is 0.607. The van der Waals surface area contributed by atoms with Gasteiger partial charge in [0.2, 0.25) is 0 Å². The van der Waals surface area contributed by atoms with Gasteiger partial charge in [0.15, 0.2) is 0 Å². The molecule has 0 aromatic heterocycles. The van der Waals surface area contributed by atoms with Crippen LogP contribution in [0.15, 0.2) is 24.3 Å². The molecule has 0 amide bonds. The minimum atomic E-state index is -0.354. The standard InChI is InChI=1S/C21H34O2/c1-5-8-10-11-17-21(4,16-9-6-2)20(22)23-19-14-12-18(7-3)13-15-19/h12-15H,5-11,16-17H2,1-4H3. The molecule has 23 heavy (non-hydrogen) atoms. The molecule has 0 radical (unpaired) electrons. The SMILES string of the molecule is CCCCCCC(C)(CCCC)C(=O)Oc1ccc(CC)cc1. The third-order valence-electron chi connectivity index (χ3n) is 4.70. The predicted octanol–water partition coefficient (Wildman–Crippen LogP) is 6.32. The van der Waals surface area contributed by atoms with Crippen LogP contribution in [0.1, 0.15) is 84.6 Å². The molecule has 1 rings (SSSR count). The van der Waals surface area contributed by atoms with Crippen molar-refractivity contribution in [2.24, 2.45) is 5.41 Å². The maximum absolute atomic E-state index is 12.7. The quantitative estimate of drug-likeness (QED) is 0.271. The Morgan fingerprint density at radius 3 is 2.09 bits per heavy atom. The fourth-order valence-corrected chi connectivity index (χ4v) is 2.86. The first kappa shape index (κ1) is 19.7. The van der Waals surface area contributed by atoms with Crippen LogP contribution in [0, 0.1) is 5.41 Å². The molecule has 0 aliphatic rings. The first-order valence-corrected chi connectivity index (χ1v) is 9.37. The molecule has 0 bridgehead atoms. The van der Waals surface area contributed by atoms with E-state index in [1.54, 1.807) is 0 Å². The van der Waals surface area contributed by atoms with Gasteiger partial charge < -0.3 is 4.74 Å². The third-order valence-corrected chi connectivity index (χ3v) is 4.70. The highest BCUT2D eigenvalue weighted by molar-refractivity contribution is 5.78. The van der Waals surface area contributed by atoms with Gasteiger partial charge in [0.25, 0.3) is 0 Å². The number of carbonyl (C=O) groups excluding carboxylic acids is 1. The van der Waals surface area contributed by atoms with Gasteiger partial charge in [-0.3, -0.25) is 4.79 Å². The minimum absolute atomic E-state index is 0.0632. The number of esters is 1. The van der Waals surface area contributed by atoms with Crippen molar-refractivity contribution in [3.8, 4) is 5.75 Å². The van der Waals surface area contributed by atoms with Crippen LogP contribution >= 0.6 is 0 Å². The van der Waals surface area contributed by atoms with Crippen LogP contribution in [-0.4, -0.2) is 5.97 Å². The van der Waals surface area contributed by atoms with Gasteiger partial charge in [-0.2, -0.15) is 0 Å². The highest BCUT2D eigenvalue weighted by Crippen LogP contribution is 2.33. The van der Waals surface area contributed by atoms with E-state index < -0.39 is 0 Å². The number of unbranched alkanes of at least 4 members (excludes halogenated alkanes) is 4. The monoisotopic (exact) mass is 318 g/mol. The van der Waals surface area contributed by atoms with E-state index in [4.69, 9.17) is 4.74 Å². The lowest BCUT2D eigenvalue weighted by Gasteiger charge is -2.27. The topological polar surface area (TPSA) is 26.3 Å².